The van der Waals surface area contributed by atoms with E-state index in [0.29, 0.717) is 12.1 Å². The lowest BCUT2D eigenvalue weighted by atomic mass is 10.0. The molecular weight excluding hydrogens is 232 g/mol. The zero-order valence-corrected chi connectivity index (χ0v) is 11.4. The van der Waals surface area contributed by atoms with Gasteiger partial charge in [-0.05, 0) is 51.1 Å². The zero-order chi connectivity index (χ0) is 12.3. The van der Waals surface area contributed by atoms with Crippen molar-refractivity contribution < 1.29 is 0 Å². The van der Waals surface area contributed by atoms with E-state index in [2.05, 4.69) is 36.3 Å². The smallest absolute Gasteiger partial charge is 0.0406 e. The van der Waals surface area contributed by atoms with Crippen molar-refractivity contribution in [1.29, 1.82) is 0 Å². The molecule has 0 aliphatic carbocycles. The van der Waals surface area contributed by atoms with Gasteiger partial charge >= 0.3 is 0 Å². The lowest BCUT2D eigenvalue weighted by molar-refractivity contribution is 0.218. The lowest BCUT2D eigenvalue weighted by Gasteiger charge is -2.32. The van der Waals surface area contributed by atoms with E-state index in [1.165, 1.54) is 24.9 Å². The minimum atomic E-state index is 0.392. The molecule has 3 heteroatoms. The van der Waals surface area contributed by atoms with Gasteiger partial charge in [-0.2, -0.15) is 0 Å². The van der Waals surface area contributed by atoms with E-state index >= 15 is 0 Å². The number of hydrogen-bond donors (Lipinski definition) is 1. The van der Waals surface area contributed by atoms with Gasteiger partial charge in [-0.25, -0.2) is 0 Å². The van der Waals surface area contributed by atoms with Gasteiger partial charge < -0.3 is 10.2 Å². The molecule has 1 aromatic rings. The second kappa shape index (κ2) is 5.85. The summed E-state index contributed by atoms with van der Waals surface area (Å²) in [6.07, 6.45) is 2.57. The Morgan fingerprint density at radius 2 is 2.06 bits per heavy atom. The summed E-state index contributed by atoms with van der Waals surface area (Å²) in [5.41, 5.74) is 1.31. The molecular formula is C14H21ClN2. The van der Waals surface area contributed by atoms with Gasteiger partial charge in [-0.1, -0.05) is 23.7 Å². The molecule has 17 heavy (non-hydrogen) atoms. The lowest BCUT2D eigenvalue weighted by Crippen LogP contribution is -2.44. The quantitative estimate of drug-likeness (QED) is 0.890. The molecule has 94 valence electrons. The summed E-state index contributed by atoms with van der Waals surface area (Å²) in [6.45, 7) is 4.60. The van der Waals surface area contributed by atoms with Crippen molar-refractivity contribution >= 4 is 11.6 Å². The normalized spacial score (nSPS) is 23.6. The van der Waals surface area contributed by atoms with Gasteiger partial charge in [-0.15, -0.1) is 0 Å². The van der Waals surface area contributed by atoms with E-state index in [9.17, 15) is 0 Å². The largest absolute Gasteiger partial charge is 0.306 e. The molecule has 1 unspecified atom stereocenters. The second-order valence-corrected chi connectivity index (χ2v) is 5.48. The molecule has 1 aliphatic rings. The Labute approximate surface area is 109 Å². The maximum atomic E-state index is 5.90. The van der Waals surface area contributed by atoms with Crippen molar-refractivity contribution in [3.8, 4) is 0 Å². The van der Waals surface area contributed by atoms with Gasteiger partial charge in [0.25, 0.3) is 0 Å². The topological polar surface area (TPSA) is 15.3 Å². The SMILES string of the molecule is C[C@H](NC1CCCN(C)C1)c1ccc(Cl)cc1. The number of likely N-dealkylation sites (N-methyl/N-ethyl adjacent to an activating group) is 1. The number of likely N-dealkylation sites (tertiary alicyclic amines) is 1. The predicted molar refractivity (Wildman–Crippen MR) is 73.5 cm³/mol. The molecule has 2 nitrogen and oxygen atoms in total. The number of nitrogens with one attached hydrogen (secondary N) is 1. The van der Waals surface area contributed by atoms with E-state index in [0.717, 1.165) is 11.6 Å². The van der Waals surface area contributed by atoms with Gasteiger partial charge in [0.1, 0.15) is 0 Å². The maximum Gasteiger partial charge on any atom is 0.0406 e. The van der Waals surface area contributed by atoms with E-state index < -0.39 is 0 Å². The van der Waals surface area contributed by atoms with Crippen LogP contribution >= 0.6 is 11.6 Å². The van der Waals surface area contributed by atoms with Crippen LogP contribution in [-0.4, -0.2) is 31.1 Å². The summed E-state index contributed by atoms with van der Waals surface area (Å²) in [7, 11) is 2.20. The molecule has 0 radical (unpaired) electrons. The van der Waals surface area contributed by atoms with Crippen LogP contribution in [0, 0.1) is 0 Å². The van der Waals surface area contributed by atoms with Crippen LogP contribution in [0.2, 0.25) is 5.02 Å². The highest BCUT2D eigenvalue weighted by Gasteiger charge is 2.18. The van der Waals surface area contributed by atoms with Crippen LogP contribution in [-0.2, 0) is 0 Å². The van der Waals surface area contributed by atoms with Gasteiger partial charge in [0.05, 0.1) is 0 Å². The summed E-state index contributed by atoms with van der Waals surface area (Å²) in [6, 6.07) is 9.13. The fourth-order valence-corrected chi connectivity index (χ4v) is 2.63. The molecule has 1 fully saturated rings. The third kappa shape index (κ3) is 3.70. The summed E-state index contributed by atoms with van der Waals surface area (Å²) >= 11 is 5.90. The average Bonchev–Trinajstić information content (AvgIpc) is 2.29. The van der Waals surface area contributed by atoms with Crippen LogP contribution in [0.4, 0.5) is 0 Å². The molecule has 1 N–H and O–H groups in total. The average molecular weight is 253 g/mol. The summed E-state index contributed by atoms with van der Waals surface area (Å²) in [5, 5.41) is 4.50. The first kappa shape index (κ1) is 12.9. The minimum absolute atomic E-state index is 0.392. The highest BCUT2D eigenvalue weighted by Crippen LogP contribution is 2.18. The first-order valence-corrected chi connectivity index (χ1v) is 6.73. The van der Waals surface area contributed by atoms with Crippen LogP contribution in [0.3, 0.4) is 0 Å². The third-order valence-corrected chi connectivity index (χ3v) is 3.73. The second-order valence-electron chi connectivity index (χ2n) is 5.04. The number of halogens is 1. The Morgan fingerprint density at radius 1 is 1.35 bits per heavy atom. The van der Waals surface area contributed by atoms with Gasteiger partial charge in [-0.3, -0.25) is 0 Å². The number of piperidine rings is 1. The Balaban J connectivity index is 1.91. The fraction of sp³-hybridized carbons (Fsp3) is 0.571. The Morgan fingerprint density at radius 3 is 2.71 bits per heavy atom. The van der Waals surface area contributed by atoms with Gasteiger partial charge in [0, 0.05) is 23.7 Å². The first-order valence-electron chi connectivity index (χ1n) is 6.35. The van der Waals surface area contributed by atoms with E-state index in [1.54, 1.807) is 0 Å². The highest BCUT2D eigenvalue weighted by atomic mass is 35.5. The highest BCUT2D eigenvalue weighted by molar-refractivity contribution is 6.30. The predicted octanol–water partition coefficient (Wildman–Crippen LogP) is 3.08. The molecule has 1 saturated heterocycles. The molecule has 1 heterocycles. The standard InChI is InChI=1S/C14H21ClN2/c1-11(12-5-7-13(15)8-6-12)16-14-4-3-9-17(2)10-14/h5-8,11,14,16H,3-4,9-10H2,1-2H3/t11-,14?/m0/s1. The van der Waals surface area contributed by atoms with Crippen LogP contribution in [0.15, 0.2) is 24.3 Å². The van der Waals surface area contributed by atoms with Crippen molar-refractivity contribution in [2.75, 3.05) is 20.1 Å². The van der Waals surface area contributed by atoms with Crippen molar-refractivity contribution in [3.05, 3.63) is 34.9 Å². The molecule has 0 spiro atoms. The van der Waals surface area contributed by atoms with E-state index in [-0.39, 0.29) is 0 Å². The van der Waals surface area contributed by atoms with Gasteiger partial charge in [0.2, 0.25) is 0 Å². The number of benzene rings is 1. The van der Waals surface area contributed by atoms with Crippen molar-refractivity contribution in [2.24, 2.45) is 0 Å². The molecule has 0 aromatic heterocycles. The monoisotopic (exact) mass is 252 g/mol. The van der Waals surface area contributed by atoms with Crippen LogP contribution in [0.1, 0.15) is 31.4 Å². The number of nitrogens with zero attached hydrogens (tertiary/aromatic N) is 1. The molecule has 2 atom stereocenters. The number of hydrogen-bond acceptors (Lipinski definition) is 2. The Bertz CT molecular complexity index is 350. The molecule has 0 saturated carbocycles. The van der Waals surface area contributed by atoms with Gasteiger partial charge in [0.15, 0.2) is 0 Å². The summed E-state index contributed by atoms with van der Waals surface area (Å²) in [4.78, 5) is 2.40. The molecule has 1 aromatic carbocycles. The van der Waals surface area contributed by atoms with E-state index in [1.807, 2.05) is 12.1 Å². The first-order chi connectivity index (χ1) is 8.15. The summed E-state index contributed by atoms with van der Waals surface area (Å²) in [5.74, 6) is 0. The van der Waals surface area contributed by atoms with Crippen molar-refractivity contribution in [1.82, 2.24) is 10.2 Å². The van der Waals surface area contributed by atoms with Crippen LogP contribution in [0.5, 0.6) is 0 Å². The Hall–Kier alpha value is -0.570. The van der Waals surface area contributed by atoms with Crippen molar-refractivity contribution in [2.45, 2.75) is 31.8 Å². The van der Waals surface area contributed by atoms with Crippen LogP contribution in [0.25, 0.3) is 0 Å². The number of rotatable bonds is 3. The molecule has 0 bridgehead atoms. The van der Waals surface area contributed by atoms with Crippen LogP contribution < -0.4 is 5.32 Å². The molecule has 1 aliphatic heterocycles. The summed E-state index contributed by atoms with van der Waals surface area (Å²) < 4.78 is 0. The fourth-order valence-electron chi connectivity index (χ4n) is 2.50. The zero-order valence-electron chi connectivity index (χ0n) is 10.6. The Kier molecular flexibility index (Phi) is 4.43. The third-order valence-electron chi connectivity index (χ3n) is 3.48. The van der Waals surface area contributed by atoms with Crippen molar-refractivity contribution in [3.63, 3.8) is 0 Å². The minimum Gasteiger partial charge on any atom is -0.306 e. The molecule has 0 amide bonds. The molecule has 2 rings (SSSR count). The van der Waals surface area contributed by atoms with E-state index in [4.69, 9.17) is 11.6 Å². The maximum absolute atomic E-state index is 5.90.